The van der Waals surface area contributed by atoms with E-state index in [9.17, 15) is 4.79 Å². The van der Waals surface area contributed by atoms with E-state index in [1.807, 2.05) is 36.9 Å². The molecule has 28 heavy (non-hydrogen) atoms. The zero-order valence-electron chi connectivity index (χ0n) is 16.8. The number of benzene rings is 1. The highest BCUT2D eigenvalue weighted by Crippen LogP contribution is 2.20. The summed E-state index contributed by atoms with van der Waals surface area (Å²) in [5.74, 6) is 1.00. The van der Waals surface area contributed by atoms with Crippen molar-refractivity contribution >= 4 is 5.97 Å². The number of likely N-dealkylation sites (N-methyl/N-ethyl adjacent to an activating group) is 1. The second kappa shape index (κ2) is 9.71. The van der Waals surface area contributed by atoms with Gasteiger partial charge >= 0.3 is 5.97 Å². The quantitative estimate of drug-likeness (QED) is 0.713. The molecule has 0 aliphatic carbocycles. The van der Waals surface area contributed by atoms with Gasteiger partial charge in [0.05, 0.1) is 6.54 Å². The maximum Gasteiger partial charge on any atom is 0.317 e. The van der Waals surface area contributed by atoms with E-state index >= 15 is 0 Å². The number of carboxylic acid groups (broad SMARTS) is 1. The van der Waals surface area contributed by atoms with Crippen molar-refractivity contribution in [1.29, 1.82) is 0 Å². The van der Waals surface area contributed by atoms with Gasteiger partial charge in [-0.2, -0.15) is 0 Å². The summed E-state index contributed by atoms with van der Waals surface area (Å²) >= 11 is 0. The number of imidazole rings is 1. The fraction of sp³-hybridized carbons (Fsp3) is 0.524. The summed E-state index contributed by atoms with van der Waals surface area (Å²) in [6, 6.07) is 8.62. The summed E-state index contributed by atoms with van der Waals surface area (Å²) in [4.78, 5) is 19.8. The van der Waals surface area contributed by atoms with E-state index in [4.69, 9.17) is 9.84 Å². The molecule has 1 saturated heterocycles. The first-order chi connectivity index (χ1) is 13.5. The molecule has 7 nitrogen and oxygen atoms in total. The van der Waals surface area contributed by atoms with Crippen LogP contribution >= 0.6 is 0 Å². The Labute approximate surface area is 166 Å². The number of hydrogen-bond donors (Lipinski definition) is 1. The van der Waals surface area contributed by atoms with Crippen molar-refractivity contribution in [2.45, 2.75) is 39.0 Å². The Morgan fingerprint density at radius 3 is 2.57 bits per heavy atom. The molecule has 0 bridgehead atoms. The van der Waals surface area contributed by atoms with Crippen molar-refractivity contribution in [2.75, 3.05) is 26.2 Å². The molecular formula is C21H30N4O3. The van der Waals surface area contributed by atoms with Gasteiger partial charge in [-0.05, 0) is 50.2 Å². The van der Waals surface area contributed by atoms with Crippen molar-refractivity contribution < 1.29 is 14.6 Å². The fourth-order valence-corrected chi connectivity index (χ4v) is 3.75. The van der Waals surface area contributed by atoms with Crippen LogP contribution in [-0.2, 0) is 25.0 Å². The van der Waals surface area contributed by atoms with Gasteiger partial charge in [-0.1, -0.05) is 19.1 Å². The Kier molecular flexibility index (Phi) is 7.06. The maximum atomic E-state index is 11.0. The second-order valence-corrected chi connectivity index (χ2v) is 7.35. The van der Waals surface area contributed by atoms with Crippen molar-refractivity contribution in [2.24, 2.45) is 7.05 Å². The highest BCUT2D eigenvalue weighted by molar-refractivity contribution is 5.69. The number of aromatic nitrogens is 2. The lowest BCUT2D eigenvalue weighted by Crippen LogP contribution is -2.46. The van der Waals surface area contributed by atoms with Crippen LogP contribution in [0.5, 0.6) is 5.75 Å². The number of carbonyl (C=O) groups is 1. The second-order valence-electron chi connectivity index (χ2n) is 7.35. The Balaban J connectivity index is 1.45. The average Bonchev–Trinajstić information content (AvgIpc) is 3.11. The molecule has 0 radical (unpaired) electrons. The SMILES string of the molecule is CCN(CC(=O)O)C1CCN(Cc2ccc(OCc3nccn3C)cc2)CC1. The van der Waals surface area contributed by atoms with E-state index in [2.05, 4.69) is 26.9 Å². The molecule has 1 aliphatic rings. The molecule has 0 amide bonds. The number of aliphatic carboxylic acids is 1. The summed E-state index contributed by atoms with van der Waals surface area (Å²) in [6.07, 6.45) is 5.72. The predicted molar refractivity (Wildman–Crippen MR) is 107 cm³/mol. The van der Waals surface area contributed by atoms with E-state index in [-0.39, 0.29) is 6.54 Å². The van der Waals surface area contributed by atoms with Gasteiger partial charge in [0.2, 0.25) is 0 Å². The molecule has 3 rings (SSSR count). The minimum absolute atomic E-state index is 0.140. The van der Waals surface area contributed by atoms with Gasteiger partial charge in [-0.25, -0.2) is 4.98 Å². The molecule has 7 heteroatoms. The van der Waals surface area contributed by atoms with E-state index in [0.29, 0.717) is 12.6 Å². The zero-order chi connectivity index (χ0) is 19.9. The van der Waals surface area contributed by atoms with Crippen LogP contribution in [0.2, 0.25) is 0 Å². The molecule has 2 aromatic rings. The van der Waals surface area contributed by atoms with Crippen molar-refractivity contribution in [3.05, 3.63) is 48.0 Å². The summed E-state index contributed by atoms with van der Waals surface area (Å²) < 4.78 is 7.76. The number of piperidine rings is 1. The number of rotatable bonds is 9. The van der Waals surface area contributed by atoms with E-state index in [1.54, 1.807) is 6.20 Å². The first kappa shape index (κ1) is 20.4. The normalized spacial score (nSPS) is 15.8. The van der Waals surface area contributed by atoms with Crippen LogP contribution in [0, 0.1) is 0 Å². The van der Waals surface area contributed by atoms with Crippen molar-refractivity contribution in [3.8, 4) is 5.75 Å². The van der Waals surface area contributed by atoms with Crippen molar-refractivity contribution in [3.63, 3.8) is 0 Å². The number of likely N-dealkylation sites (tertiary alicyclic amines) is 1. The molecule has 1 aromatic heterocycles. The molecule has 1 N–H and O–H groups in total. The Morgan fingerprint density at radius 2 is 2.00 bits per heavy atom. The number of carboxylic acids is 1. The molecule has 0 spiro atoms. The standard InChI is InChI=1S/C21H30N4O3/c1-3-25(15-21(26)27)18-8-11-24(12-9-18)14-17-4-6-19(7-5-17)28-16-20-22-10-13-23(20)2/h4-7,10,13,18H,3,8-9,11-12,14-16H2,1-2H3,(H,26,27). The lowest BCUT2D eigenvalue weighted by molar-refractivity contribution is -0.139. The van der Waals surface area contributed by atoms with Gasteiger partial charge in [0.1, 0.15) is 18.2 Å². The highest BCUT2D eigenvalue weighted by Gasteiger charge is 2.24. The molecule has 0 saturated carbocycles. The summed E-state index contributed by atoms with van der Waals surface area (Å²) in [7, 11) is 1.96. The number of ether oxygens (including phenoxy) is 1. The maximum absolute atomic E-state index is 11.0. The third-order valence-corrected chi connectivity index (χ3v) is 5.44. The Morgan fingerprint density at radius 1 is 1.29 bits per heavy atom. The summed E-state index contributed by atoms with van der Waals surface area (Å²) in [6.45, 7) is 6.33. The predicted octanol–water partition coefficient (Wildman–Crippen LogP) is 2.37. The van der Waals surface area contributed by atoms with Crippen LogP contribution in [0.25, 0.3) is 0 Å². The van der Waals surface area contributed by atoms with Crippen LogP contribution in [0.1, 0.15) is 31.2 Å². The van der Waals surface area contributed by atoms with Gasteiger partial charge in [0.15, 0.2) is 0 Å². The fourth-order valence-electron chi connectivity index (χ4n) is 3.75. The lowest BCUT2D eigenvalue weighted by Gasteiger charge is -2.37. The van der Waals surface area contributed by atoms with E-state index in [1.165, 1.54) is 5.56 Å². The average molecular weight is 386 g/mol. The number of nitrogens with zero attached hydrogens (tertiary/aromatic N) is 4. The van der Waals surface area contributed by atoms with Gasteiger partial charge < -0.3 is 14.4 Å². The monoisotopic (exact) mass is 386 g/mol. The molecule has 1 aromatic carbocycles. The van der Waals surface area contributed by atoms with Crippen LogP contribution in [0.15, 0.2) is 36.7 Å². The summed E-state index contributed by atoms with van der Waals surface area (Å²) in [5.41, 5.74) is 1.26. The molecule has 1 aliphatic heterocycles. The molecular weight excluding hydrogens is 356 g/mol. The van der Waals surface area contributed by atoms with Crippen LogP contribution in [-0.4, -0.2) is 62.6 Å². The minimum atomic E-state index is -0.741. The topological polar surface area (TPSA) is 70.8 Å². The van der Waals surface area contributed by atoms with Gasteiger partial charge in [-0.15, -0.1) is 0 Å². The van der Waals surface area contributed by atoms with Crippen LogP contribution in [0.3, 0.4) is 0 Å². The molecule has 1 fully saturated rings. The van der Waals surface area contributed by atoms with E-state index < -0.39 is 5.97 Å². The zero-order valence-corrected chi connectivity index (χ0v) is 16.8. The molecule has 0 unspecified atom stereocenters. The van der Waals surface area contributed by atoms with Gasteiger partial charge in [0, 0.05) is 32.0 Å². The number of aryl methyl sites for hydroxylation is 1. The highest BCUT2D eigenvalue weighted by atomic mass is 16.5. The van der Waals surface area contributed by atoms with Gasteiger partial charge in [0.25, 0.3) is 0 Å². The first-order valence-corrected chi connectivity index (χ1v) is 9.91. The third kappa shape index (κ3) is 5.56. The third-order valence-electron chi connectivity index (χ3n) is 5.44. The molecule has 2 heterocycles. The molecule has 0 atom stereocenters. The Bertz CT molecular complexity index is 751. The lowest BCUT2D eigenvalue weighted by atomic mass is 10.0. The minimum Gasteiger partial charge on any atom is -0.486 e. The first-order valence-electron chi connectivity index (χ1n) is 9.91. The Hall–Kier alpha value is -2.38. The van der Waals surface area contributed by atoms with Gasteiger partial charge in [-0.3, -0.25) is 14.6 Å². The summed E-state index contributed by atoms with van der Waals surface area (Å²) in [5, 5.41) is 9.05. The van der Waals surface area contributed by atoms with Crippen LogP contribution < -0.4 is 4.74 Å². The largest absolute Gasteiger partial charge is 0.486 e. The smallest absolute Gasteiger partial charge is 0.317 e. The molecule has 152 valence electrons. The van der Waals surface area contributed by atoms with Crippen molar-refractivity contribution in [1.82, 2.24) is 19.4 Å². The van der Waals surface area contributed by atoms with Crippen LogP contribution in [0.4, 0.5) is 0 Å². The number of hydrogen-bond acceptors (Lipinski definition) is 5. The van der Waals surface area contributed by atoms with E-state index in [0.717, 1.165) is 50.6 Å².